The Labute approximate surface area is 49.2 Å². The Bertz CT molecular complexity index is 106. The average Bonchev–Trinajstić information content (AvgIpc) is 1.68. The van der Waals surface area contributed by atoms with Crippen LogP contribution in [0.1, 0.15) is 13.3 Å². The van der Waals surface area contributed by atoms with E-state index in [1.165, 1.54) is 0 Å². The second-order valence-electron chi connectivity index (χ2n) is 1.12. The van der Waals surface area contributed by atoms with Gasteiger partial charge in [0, 0.05) is 11.5 Å². The van der Waals surface area contributed by atoms with E-state index in [-0.39, 0.29) is 0 Å². The maximum absolute atomic E-state index is 5.48. The van der Waals surface area contributed by atoms with Crippen LogP contribution in [-0.2, 0) is 0 Å². The predicted molar refractivity (Wildman–Crippen MR) is 33.1 cm³/mol. The van der Waals surface area contributed by atoms with Gasteiger partial charge in [0.25, 0.3) is 0 Å². The summed E-state index contributed by atoms with van der Waals surface area (Å²) in [6.07, 6.45) is 7.28. The Morgan fingerprint density at radius 2 is 2.57 bits per heavy atom. The fraction of sp³-hybridized carbons (Fsp3) is 0.333. The third-order valence-corrected chi connectivity index (χ3v) is 0.936. The van der Waals surface area contributed by atoms with Crippen molar-refractivity contribution in [1.82, 2.24) is 0 Å². The van der Waals surface area contributed by atoms with Gasteiger partial charge in [0.1, 0.15) is 0 Å². The molecule has 7 heavy (non-hydrogen) atoms. The van der Waals surface area contributed by atoms with Crippen LogP contribution < -0.4 is 0 Å². The highest BCUT2D eigenvalue weighted by molar-refractivity contribution is 6.29. The molecule has 0 nitrogen and oxygen atoms in total. The molecule has 0 aromatic carbocycles. The minimum atomic E-state index is 0.554. The van der Waals surface area contributed by atoms with E-state index in [1.807, 2.05) is 6.92 Å². The van der Waals surface area contributed by atoms with Crippen molar-refractivity contribution in [3.8, 4) is 12.3 Å². The van der Waals surface area contributed by atoms with Crippen LogP contribution in [0.2, 0.25) is 0 Å². The molecule has 1 heteroatoms. The van der Waals surface area contributed by atoms with E-state index in [2.05, 4.69) is 5.92 Å². The summed E-state index contributed by atoms with van der Waals surface area (Å²) in [6.45, 7) is 1.86. The molecule has 0 bridgehead atoms. The van der Waals surface area contributed by atoms with Crippen LogP contribution >= 0.6 is 11.6 Å². The van der Waals surface area contributed by atoms with Gasteiger partial charge in [-0.15, -0.1) is 12.3 Å². The first-order valence-corrected chi connectivity index (χ1v) is 2.43. The third kappa shape index (κ3) is 3.42. The van der Waals surface area contributed by atoms with Crippen LogP contribution in [0.4, 0.5) is 0 Å². The summed E-state index contributed by atoms with van der Waals surface area (Å²) in [4.78, 5) is 0. The number of hydrogen-bond acceptors (Lipinski definition) is 0. The molecule has 38 valence electrons. The van der Waals surface area contributed by atoms with Crippen molar-refractivity contribution in [2.75, 3.05) is 0 Å². The van der Waals surface area contributed by atoms with Crippen molar-refractivity contribution in [2.24, 2.45) is 0 Å². The zero-order valence-electron chi connectivity index (χ0n) is 4.24. The van der Waals surface area contributed by atoms with Gasteiger partial charge in [-0.2, -0.15) is 0 Å². The first-order valence-electron chi connectivity index (χ1n) is 2.05. The van der Waals surface area contributed by atoms with Crippen LogP contribution in [0.5, 0.6) is 0 Å². The molecule has 0 fully saturated rings. The molecule has 0 saturated carbocycles. The molecule has 0 spiro atoms. The maximum atomic E-state index is 5.48. The van der Waals surface area contributed by atoms with Crippen molar-refractivity contribution in [2.45, 2.75) is 13.3 Å². The Balaban J connectivity index is 3.43. The lowest BCUT2D eigenvalue weighted by atomic mass is 10.4. The van der Waals surface area contributed by atoms with Crippen molar-refractivity contribution in [3.05, 3.63) is 11.1 Å². The number of halogens is 1. The molecule has 0 radical (unpaired) electrons. The molecule has 0 unspecified atom stereocenters. The molecule has 0 amide bonds. The van der Waals surface area contributed by atoms with Gasteiger partial charge in [-0.05, 0) is 6.92 Å². The van der Waals surface area contributed by atoms with E-state index < -0.39 is 0 Å². The molecule has 0 heterocycles. The number of allylic oxidation sites excluding steroid dienone is 2. The van der Waals surface area contributed by atoms with Crippen LogP contribution in [-0.4, -0.2) is 0 Å². The summed E-state index contributed by atoms with van der Waals surface area (Å²) in [6, 6.07) is 0. The first kappa shape index (κ1) is 6.59. The van der Waals surface area contributed by atoms with Gasteiger partial charge in [-0.3, -0.25) is 0 Å². The summed E-state index contributed by atoms with van der Waals surface area (Å²) >= 11 is 5.48. The summed E-state index contributed by atoms with van der Waals surface area (Å²) in [5, 5.41) is 0.738. The van der Waals surface area contributed by atoms with Gasteiger partial charge in [0.15, 0.2) is 0 Å². The normalized spacial score (nSPS) is 10.7. The van der Waals surface area contributed by atoms with Gasteiger partial charge in [-0.25, -0.2) is 0 Å². The third-order valence-electron chi connectivity index (χ3n) is 0.584. The predicted octanol–water partition coefficient (Wildman–Crippen LogP) is 2.15. The number of terminal acetylenes is 1. The summed E-state index contributed by atoms with van der Waals surface area (Å²) in [5.41, 5.74) is 0. The maximum Gasteiger partial charge on any atom is 0.0442 e. The molecule has 0 aliphatic rings. The van der Waals surface area contributed by atoms with Crippen LogP contribution in [0.25, 0.3) is 0 Å². The zero-order chi connectivity index (χ0) is 5.70. The quantitative estimate of drug-likeness (QED) is 0.459. The zero-order valence-corrected chi connectivity index (χ0v) is 5.00. The fourth-order valence-corrected chi connectivity index (χ4v) is 0.277. The average molecular weight is 115 g/mol. The lowest BCUT2D eigenvalue weighted by Crippen LogP contribution is -1.62. The number of rotatable bonds is 1. The Morgan fingerprint density at radius 1 is 2.00 bits per heavy atom. The van der Waals surface area contributed by atoms with Gasteiger partial charge in [-0.1, -0.05) is 17.7 Å². The lowest BCUT2D eigenvalue weighted by Gasteiger charge is -1.81. The van der Waals surface area contributed by atoms with Crippen molar-refractivity contribution < 1.29 is 0 Å². The van der Waals surface area contributed by atoms with Gasteiger partial charge in [0.2, 0.25) is 0 Å². The molecule has 0 aliphatic carbocycles. The van der Waals surface area contributed by atoms with E-state index in [0.29, 0.717) is 6.42 Å². The Morgan fingerprint density at radius 3 is 2.71 bits per heavy atom. The minimum Gasteiger partial charge on any atom is -0.120 e. The topological polar surface area (TPSA) is 0 Å². The molecular weight excluding hydrogens is 108 g/mol. The SMILES string of the molecule is C#CC/C(Cl)=C\C. The van der Waals surface area contributed by atoms with Crippen LogP contribution in [0.15, 0.2) is 11.1 Å². The van der Waals surface area contributed by atoms with Crippen LogP contribution in [0, 0.1) is 12.3 Å². The second-order valence-corrected chi connectivity index (χ2v) is 1.60. The van der Waals surface area contributed by atoms with E-state index in [4.69, 9.17) is 18.0 Å². The second kappa shape index (κ2) is 3.77. The van der Waals surface area contributed by atoms with Gasteiger partial charge < -0.3 is 0 Å². The minimum absolute atomic E-state index is 0.554. The Kier molecular flexibility index (Phi) is 3.55. The van der Waals surface area contributed by atoms with Gasteiger partial charge >= 0.3 is 0 Å². The van der Waals surface area contributed by atoms with Crippen molar-refractivity contribution in [3.63, 3.8) is 0 Å². The molecule has 0 N–H and O–H groups in total. The molecule has 0 saturated heterocycles. The molecule has 0 atom stereocenters. The number of hydrogen-bond donors (Lipinski definition) is 0. The summed E-state index contributed by atoms with van der Waals surface area (Å²) in [5.74, 6) is 2.42. The van der Waals surface area contributed by atoms with E-state index in [1.54, 1.807) is 6.08 Å². The lowest BCUT2D eigenvalue weighted by molar-refractivity contribution is 1.40. The highest BCUT2D eigenvalue weighted by atomic mass is 35.5. The molecule has 0 aliphatic heterocycles. The summed E-state index contributed by atoms with van der Waals surface area (Å²) in [7, 11) is 0. The largest absolute Gasteiger partial charge is 0.120 e. The van der Waals surface area contributed by atoms with E-state index in [0.717, 1.165) is 5.03 Å². The van der Waals surface area contributed by atoms with Gasteiger partial charge in [0.05, 0.1) is 0 Å². The highest BCUT2D eigenvalue weighted by Crippen LogP contribution is 2.03. The monoisotopic (exact) mass is 114 g/mol. The standard InChI is InChI=1S/C6H7Cl/c1-3-5-6(7)4-2/h1,4H,5H2,2H3/b6-4+. The van der Waals surface area contributed by atoms with E-state index >= 15 is 0 Å². The molecule has 0 aromatic rings. The molecule has 0 aromatic heterocycles. The van der Waals surface area contributed by atoms with Crippen molar-refractivity contribution >= 4 is 11.6 Å². The van der Waals surface area contributed by atoms with Crippen molar-refractivity contribution in [1.29, 1.82) is 0 Å². The van der Waals surface area contributed by atoms with E-state index in [9.17, 15) is 0 Å². The Hall–Kier alpha value is -0.410. The molecular formula is C6H7Cl. The summed E-state index contributed by atoms with van der Waals surface area (Å²) < 4.78 is 0. The molecule has 0 rings (SSSR count). The smallest absolute Gasteiger partial charge is 0.0442 e. The fourth-order valence-electron chi connectivity index (χ4n) is 0.200. The van der Waals surface area contributed by atoms with Crippen LogP contribution in [0.3, 0.4) is 0 Å². The highest BCUT2D eigenvalue weighted by Gasteiger charge is 1.80. The first-order chi connectivity index (χ1) is 3.31.